The van der Waals surface area contributed by atoms with Crippen molar-refractivity contribution in [3.8, 4) is 0 Å². The van der Waals surface area contributed by atoms with Gasteiger partial charge in [0.2, 0.25) is 0 Å². The van der Waals surface area contributed by atoms with E-state index in [0.29, 0.717) is 0 Å². The fourth-order valence-corrected chi connectivity index (χ4v) is 0. The van der Waals surface area contributed by atoms with Gasteiger partial charge in [0, 0.05) is 0 Å². The van der Waals surface area contributed by atoms with Gasteiger partial charge in [0.15, 0.2) is 0 Å². The smallest absolute Gasteiger partial charge is 1.00 e. The Hall–Kier alpha value is 1.17. The van der Waals surface area contributed by atoms with Gasteiger partial charge in [0.05, 0.1) is 13.2 Å². The molecule has 2 N–H and O–H groups in total. The molecule has 0 aliphatic heterocycles. The minimum Gasteiger partial charge on any atom is -1.00 e. The van der Waals surface area contributed by atoms with Crippen LogP contribution in [0.1, 0.15) is 0 Å². The van der Waals surface area contributed by atoms with Gasteiger partial charge >= 0.3 is 17.1 Å². The molecular weight excluding hydrogens is 246 g/mol. The molecule has 0 saturated heterocycles. The van der Waals surface area contributed by atoms with E-state index in [9.17, 15) is 0 Å². The maximum Gasteiger partial charge on any atom is 1.00 e. The molecule has 0 bridgehead atoms. The van der Waals surface area contributed by atoms with Crippen molar-refractivity contribution in [3.05, 3.63) is 0 Å². The van der Waals surface area contributed by atoms with Gasteiger partial charge < -0.3 is 34.2 Å². The average Bonchev–Trinajstić information content (AvgIpc) is 1.37. The second-order valence-corrected chi connectivity index (χ2v) is 0.447. The molecule has 0 radical (unpaired) electrons. The van der Waals surface area contributed by atoms with E-state index in [2.05, 4.69) is 0 Å². The van der Waals surface area contributed by atoms with Crippen LogP contribution in [0.2, 0.25) is 0 Å². The summed E-state index contributed by atoms with van der Waals surface area (Å²) in [6.45, 7) is -0.250. The average molecular weight is 253 g/mol. The zero-order valence-corrected chi connectivity index (χ0v) is 6.09. The molecule has 0 fully saturated rings. The first-order valence-electron chi connectivity index (χ1n) is 1.13. The van der Waals surface area contributed by atoms with Crippen LogP contribution < -0.4 is 24.0 Å². The molecule has 0 amide bonds. The monoisotopic (exact) mass is 252 g/mol. The van der Waals surface area contributed by atoms with Crippen LogP contribution in [-0.2, 0) is 17.1 Å². The Morgan fingerprint density at radius 1 is 1.00 bits per heavy atom. The van der Waals surface area contributed by atoms with E-state index >= 15 is 0 Å². The van der Waals surface area contributed by atoms with E-state index in [1.165, 1.54) is 0 Å². The van der Waals surface area contributed by atoms with Crippen molar-refractivity contribution < 1.29 is 51.3 Å². The van der Waals surface area contributed by atoms with Crippen molar-refractivity contribution in [1.29, 1.82) is 0 Å². The molecule has 0 aromatic heterocycles. The molecule has 0 unspecified atom stereocenters. The van der Waals surface area contributed by atoms with E-state index in [4.69, 9.17) is 10.2 Å². The van der Waals surface area contributed by atoms with Crippen LogP contribution in [0.3, 0.4) is 0 Å². The molecule has 0 heterocycles. The van der Waals surface area contributed by atoms with E-state index < -0.39 is 0 Å². The Morgan fingerprint density at radius 2 is 1.17 bits per heavy atom. The van der Waals surface area contributed by atoms with Crippen LogP contribution in [0.15, 0.2) is 0 Å². The first-order valence-corrected chi connectivity index (χ1v) is 1.13. The third-order valence-corrected chi connectivity index (χ3v) is 0.1000. The Labute approximate surface area is 64.4 Å². The predicted molar refractivity (Wildman–Crippen MR) is 14.2 cm³/mol. The Balaban J connectivity index is -0.0000000450. The van der Waals surface area contributed by atoms with E-state index in [0.717, 1.165) is 0 Å². The number of hydrogen-bond donors (Lipinski definition) is 2. The van der Waals surface area contributed by atoms with Gasteiger partial charge in [0.1, 0.15) is 0 Å². The van der Waals surface area contributed by atoms with Gasteiger partial charge in [0.25, 0.3) is 0 Å². The second-order valence-electron chi connectivity index (χ2n) is 0.447. The Bertz CT molecular complexity index is 13.5. The maximum atomic E-state index is 7.62. The summed E-state index contributed by atoms with van der Waals surface area (Å²) in [5, 5.41) is 15.2. The molecule has 0 rings (SSSR count). The van der Waals surface area contributed by atoms with Crippen molar-refractivity contribution in [2.24, 2.45) is 0 Å². The quantitative estimate of drug-likeness (QED) is 0.369. The molecule has 0 spiro atoms. The third kappa shape index (κ3) is 19.1. The molecule has 0 aliphatic carbocycles. The summed E-state index contributed by atoms with van der Waals surface area (Å²) in [4.78, 5) is 0. The van der Waals surface area contributed by atoms with Gasteiger partial charge in [-0.2, -0.15) is 0 Å². The van der Waals surface area contributed by atoms with Gasteiger partial charge in [-0.15, -0.1) is 0 Å². The summed E-state index contributed by atoms with van der Waals surface area (Å²) in [7, 11) is 0. The number of rotatable bonds is 1. The maximum absolute atomic E-state index is 7.62. The zero-order valence-electron chi connectivity index (χ0n) is 2.99. The summed E-state index contributed by atoms with van der Waals surface area (Å²) in [6, 6.07) is 0. The fourth-order valence-electron chi connectivity index (χ4n) is 0. The van der Waals surface area contributed by atoms with Crippen molar-refractivity contribution in [3.63, 3.8) is 0 Å². The van der Waals surface area contributed by atoms with Crippen LogP contribution in [-0.4, -0.2) is 23.4 Å². The molecule has 4 heteroatoms. The first kappa shape index (κ1) is 15.7. The molecular formula is C2H6CuIO2. The van der Waals surface area contributed by atoms with Crippen LogP contribution in [0.4, 0.5) is 0 Å². The van der Waals surface area contributed by atoms with E-state index in [1.54, 1.807) is 0 Å². The standard InChI is InChI=1S/C2H6O2.Cu.HI/c3-1-2-4;;/h3-4H,1-2H2;;1H/q;+1;/p-1. The summed E-state index contributed by atoms with van der Waals surface area (Å²) in [5.74, 6) is 0. The molecule has 0 aromatic rings. The Morgan fingerprint density at radius 3 is 1.17 bits per heavy atom. The van der Waals surface area contributed by atoms with Crippen molar-refractivity contribution >= 4 is 0 Å². The minimum absolute atomic E-state index is 0. The summed E-state index contributed by atoms with van der Waals surface area (Å²) < 4.78 is 0. The SMILES string of the molecule is OCCO.[Cu+].[I-]. The number of hydrogen-bond acceptors (Lipinski definition) is 2. The third-order valence-electron chi connectivity index (χ3n) is 0.1000. The van der Waals surface area contributed by atoms with Crippen LogP contribution >= 0.6 is 0 Å². The predicted octanol–water partition coefficient (Wildman–Crippen LogP) is -4.03. The van der Waals surface area contributed by atoms with Gasteiger partial charge in [-0.3, -0.25) is 0 Å². The van der Waals surface area contributed by atoms with Gasteiger partial charge in [-0.25, -0.2) is 0 Å². The van der Waals surface area contributed by atoms with Crippen LogP contribution in [0, 0.1) is 0 Å². The van der Waals surface area contributed by atoms with Gasteiger partial charge in [-0.1, -0.05) is 0 Å². The number of halogens is 1. The molecule has 6 heavy (non-hydrogen) atoms. The van der Waals surface area contributed by atoms with E-state index in [-0.39, 0.29) is 54.3 Å². The number of aliphatic hydroxyl groups excluding tert-OH is 2. The Kier molecular flexibility index (Phi) is 42.9. The topological polar surface area (TPSA) is 40.5 Å². The van der Waals surface area contributed by atoms with E-state index in [1.807, 2.05) is 0 Å². The largest absolute Gasteiger partial charge is 1.00 e. The molecule has 0 aromatic carbocycles. The molecule has 0 aliphatic rings. The zero-order chi connectivity index (χ0) is 3.41. The normalized spacial score (nSPS) is 5.00. The second kappa shape index (κ2) is 16.4. The van der Waals surface area contributed by atoms with Crippen molar-refractivity contribution in [2.75, 3.05) is 13.2 Å². The fraction of sp³-hybridized carbons (Fsp3) is 1.00. The van der Waals surface area contributed by atoms with Crippen molar-refractivity contribution in [1.82, 2.24) is 0 Å². The van der Waals surface area contributed by atoms with Crippen molar-refractivity contribution in [2.45, 2.75) is 0 Å². The molecule has 2 nitrogen and oxygen atoms in total. The summed E-state index contributed by atoms with van der Waals surface area (Å²) in [6.07, 6.45) is 0. The minimum atomic E-state index is -0.125. The molecule has 0 atom stereocenters. The summed E-state index contributed by atoms with van der Waals surface area (Å²) >= 11 is 0. The van der Waals surface area contributed by atoms with Crippen LogP contribution in [0.25, 0.3) is 0 Å². The molecule has 44 valence electrons. The summed E-state index contributed by atoms with van der Waals surface area (Å²) in [5.41, 5.74) is 0. The first-order chi connectivity index (χ1) is 1.91. The van der Waals surface area contributed by atoms with Crippen LogP contribution in [0.5, 0.6) is 0 Å². The number of aliphatic hydroxyl groups is 2. The molecule has 0 saturated carbocycles. The van der Waals surface area contributed by atoms with Gasteiger partial charge in [-0.05, 0) is 0 Å².